The van der Waals surface area contributed by atoms with E-state index in [-0.39, 0.29) is 19.1 Å². The molecule has 0 spiro atoms. The molecule has 0 saturated carbocycles. The van der Waals surface area contributed by atoms with Crippen LogP contribution in [0.5, 0.6) is 5.75 Å². The van der Waals surface area contributed by atoms with Crippen LogP contribution in [-0.4, -0.2) is 66.9 Å². The number of carbonyl (C=O) groups excluding carboxylic acids is 2. The van der Waals surface area contributed by atoms with Crippen LogP contribution in [0.15, 0.2) is 48.5 Å². The fourth-order valence-corrected chi connectivity index (χ4v) is 4.96. The molecule has 0 radical (unpaired) electrons. The number of aryl methyl sites for hydroxylation is 1. The largest absolute Gasteiger partial charge is 0.497 e. The van der Waals surface area contributed by atoms with Gasteiger partial charge < -0.3 is 30.1 Å². The van der Waals surface area contributed by atoms with E-state index in [9.17, 15) is 14.7 Å². The van der Waals surface area contributed by atoms with E-state index in [0.717, 1.165) is 37.0 Å². The number of hydrogen-bond donors (Lipinski definition) is 3. The summed E-state index contributed by atoms with van der Waals surface area (Å²) in [6, 6.07) is 16.0. The zero-order valence-corrected chi connectivity index (χ0v) is 21.0. The second-order valence-corrected chi connectivity index (χ2v) is 9.83. The Morgan fingerprint density at radius 2 is 1.89 bits per heavy atom. The number of nitrogens with zero attached hydrogens (tertiary/aromatic N) is 1. The molecule has 1 atom stereocenters. The Hall–Kier alpha value is -3.10. The Balaban J connectivity index is 1.17. The van der Waals surface area contributed by atoms with Crippen LogP contribution in [0.25, 0.3) is 0 Å². The van der Waals surface area contributed by atoms with Crippen LogP contribution in [0, 0.1) is 0 Å². The first-order valence-electron chi connectivity index (χ1n) is 12.8. The van der Waals surface area contributed by atoms with Gasteiger partial charge in [0.2, 0.25) is 5.91 Å². The van der Waals surface area contributed by atoms with Crippen molar-refractivity contribution in [3.8, 4) is 5.75 Å². The molecule has 2 aromatic rings. The molecular weight excluding hydrogens is 458 g/mol. The van der Waals surface area contributed by atoms with Gasteiger partial charge in [0.05, 0.1) is 12.7 Å². The number of fused-ring (bicyclic) bond motifs is 1. The minimum Gasteiger partial charge on any atom is -0.497 e. The van der Waals surface area contributed by atoms with Gasteiger partial charge in [0.1, 0.15) is 18.9 Å². The van der Waals surface area contributed by atoms with Crippen molar-refractivity contribution in [3.05, 3.63) is 65.2 Å². The van der Waals surface area contributed by atoms with E-state index in [1.807, 2.05) is 36.4 Å². The fourth-order valence-electron chi connectivity index (χ4n) is 4.96. The Bertz CT molecular complexity index is 1020. The summed E-state index contributed by atoms with van der Waals surface area (Å²) in [5.41, 5.74) is 2.73. The quantitative estimate of drug-likeness (QED) is 0.487. The van der Waals surface area contributed by atoms with Gasteiger partial charge in [-0.1, -0.05) is 36.4 Å². The van der Waals surface area contributed by atoms with Gasteiger partial charge in [-0.15, -0.1) is 0 Å². The van der Waals surface area contributed by atoms with Gasteiger partial charge >= 0.3 is 6.09 Å². The number of methoxy groups -OCH3 is 1. The summed E-state index contributed by atoms with van der Waals surface area (Å²) < 4.78 is 10.6. The van der Waals surface area contributed by atoms with Gasteiger partial charge in [0, 0.05) is 25.7 Å². The van der Waals surface area contributed by atoms with Crippen molar-refractivity contribution < 1.29 is 24.2 Å². The maximum absolute atomic E-state index is 12.5. The second-order valence-electron chi connectivity index (χ2n) is 9.83. The van der Waals surface area contributed by atoms with Gasteiger partial charge in [0.25, 0.3) is 0 Å². The Labute approximate surface area is 213 Å². The van der Waals surface area contributed by atoms with Crippen molar-refractivity contribution in [1.82, 2.24) is 15.5 Å². The minimum atomic E-state index is -0.845. The minimum absolute atomic E-state index is 0.116. The third-order valence-corrected chi connectivity index (χ3v) is 7.24. The lowest BCUT2D eigenvalue weighted by Crippen LogP contribution is -2.54. The standard InChI is InChI=1S/C28H37N3O5/c1-35-25-11-10-22-8-5-9-24(16-23(22)17-25)30-20-28(34)12-14-31(15-13-28)26(32)18-29-27(33)36-19-21-6-3-2-4-7-21/h2-4,6-7,10-11,17,24,30,34H,5,8-9,12-16,18-20H2,1H3,(H,29,33). The van der Waals surface area contributed by atoms with Crippen molar-refractivity contribution >= 4 is 12.0 Å². The van der Waals surface area contributed by atoms with Crippen LogP contribution in [0.2, 0.25) is 0 Å². The van der Waals surface area contributed by atoms with Crippen LogP contribution >= 0.6 is 0 Å². The van der Waals surface area contributed by atoms with E-state index in [1.54, 1.807) is 12.0 Å². The number of piperidine rings is 1. The normalized spacial score (nSPS) is 19.1. The highest BCUT2D eigenvalue weighted by atomic mass is 16.5. The lowest BCUT2D eigenvalue weighted by Gasteiger charge is -2.39. The molecule has 1 unspecified atom stereocenters. The lowest BCUT2D eigenvalue weighted by molar-refractivity contribution is -0.134. The number of nitrogens with one attached hydrogen (secondary N) is 2. The summed E-state index contributed by atoms with van der Waals surface area (Å²) in [7, 11) is 1.69. The summed E-state index contributed by atoms with van der Waals surface area (Å²) in [6.07, 6.45) is 4.53. The summed E-state index contributed by atoms with van der Waals surface area (Å²) >= 11 is 0. The third kappa shape index (κ3) is 7.21. The molecule has 2 amide bonds. The first-order valence-corrected chi connectivity index (χ1v) is 12.8. The first-order chi connectivity index (χ1) is 17.4. The summed E-state index contributed by atoms with van der Waals surface area (Å²) in [5.74, 6) is 0.708. The highest BCUT2D eigenvalue weighted by Gasteiger charge is 2.34. The molecule has 1 saturated heterocycles. The zero-order valence-electron chi connectivity index (χ0n) is 21.0. The molecular formula is C28H37N3O5. The Morgan fingerprint density at radius 3 is 2.64 bits per heavy atom. The monoisotopic (exact) mass is 495 g/mol. The van der Waals surface area contributed by atoms with E-state index in [1.165, 1.54) is 11.1 Å². The molecule has 0 bridgehead atoms. The molecule has 4 rings (SSSR count). The smallest absolute Gasteiger partial charge is 0.407 e. The maximum atomic E-state index is 12.5. The number of alkyl carbamates (subject to hydrolysis) is 1. The van der Waals surface area contributed by atoms with Gasteiger partial charge in [-0.2, -0.15) is 0 Å². The number of rotatable bonds is 8. The lowest BCUT2D eigenvalue weighted by atomic mass is 9.90. The predicted octanol–water partition coefficient (Wildman–Crippen LogP) is 2.81. The number of amides is 2. The number of ether oxygens (including phenoxy) is 2. The van der Waals surface area contributed by atoms with Crippen molar-refractivity contribution in [3.63, 3.8) is 0 Å². The van der Waals surface area contributed by atoms with E-state index >= 15 is 0 Å². The highest BCUT2D eigenvalue weighted by molar-refractivity contribution is 5.82. The topological polar surface area (TPSA) is 100 Å². The van der Waals surface area contributed by atoms with E-state index < -0.39 is 11.7 Å². The Morgan fingerprint density at radius 1 is 1.11 bits per heavy atom. The molecule has 1 aliphatic heterocycles. The van der Waals surface area contributed by atoms with Crippen LogP contribution in [0.3, 0.4) is 0 Å². The van der Waals surface area contributed by atoms with Crippen LogP contribution in [0.1, 0.15) is 42.4 Å². The number of carbonyl (C=O) groups is 2. The molecule has 1 aliphatic carbocycles. The average Bonchev–Trinajstić information content (AvgIpc) is 3.12. The Kier molecular flexibility index (Phi) is 8.83. The number of benzene rings is 2. The van der Waals surface area contributed by atoms with E-state index in [2.05, 4.69) is 22.8 Å². The van der Waals surface area contributed by atoms with Crippen LogP contribution < -0.4 is 15.4 Å². The maximum Gasteiger partial charge on any atom is 0.407 e. The molecule has 1 fully saturated rings. The predicted molar refractivity (Wildman–Crippen MR) is 137 cm³/mol. The molecule has 0 aromatic heterocycles. The van der Waals surface area contributed by atoms with Gasteiger partial charge in [0.15, 0.2) is 0 Å². The van der Waals surface area contributed by atoms with Crippen LogP contribution in [-0.2, 0) is 29.0 Å². The summed E-state index contributed by atoms with van der Waals surface area (Å²) in [5, 5.41) is 17.3. The average molecular weight is 496 g/mol. The molecule has 2 aromatic carbocycles. The molecule has 36 heavy (non-hydrogen) atoms. The second kappa shape index (κ2) is 12.2. The van der Waals surface area contributed by atoms with Gasteiger partial charge in [-0.05, 0) is 67.3 Å². The molecule has 3 N–H and O–H groups in total. The highest BCUT2D eigenvalue weighted by Crippen LogP contribution is 2.26. The number of aliphatic hydroxyl groups is 1. The molecule has 2 aliphatic rings. The molecule has 8 nitrogen and oxygen atoms in total. The SMILES string of the molecule is COc1ccc2c(c1)CC(NCC1(O)CCN(C(=O)CNC(=O)OCc3ccccc3)CC1)CCC2. The molecule has 194 valence electrons. The van der Waals surface area contributed by atoms with Crippen molar-refractivity contribution in [2.24, 2.45) is 0 Å². The van der Waals surface area contributed by atoms with E-state index in [4.69, 9.17) is 9.47 Å². The van der Waals surface area contributed by atoms with Gasteiger partial charge in [-0.25, -0.2) is 4.79 Å². The number of likely N-dealkylation sites (tertiary alicyclic amines) is 1. The summed E-state index contributed by atoms with van der Waals surface area (Å²) in [6.45, 7) is 1.47. The number of hydrogen-bond acceptors (Lipinski definition) is 6. The van der Waals surface area contributed by atoms with E-state index in [0.29, 0.717) is 38.5 Å². The third-order valence-electron chi connectivity index (χ3n) is 7.24. The van der Waals surface area contributed by atoms with Crippen molar-refractivity contribution in [2.45, 2.75) is 56.8 Å². The van der Waals surface area contributed by atoms with Crippen molar-refractivity contribution in [2.75, 3.05) is 33.3 Å². The van der Waals surface area contributed by atoms with Gasteiger partial charge in [-0.3, -0.25) is 4.79 Å². The van der Waals surface area contributed by atoms with Crippen molar-refractivity contribution in [1.29, 1.82) is 0 Å². The summed E-state index contributed by atoms with van der Waals surface area (Å²) in [4.78, 5) is 26.2. The van der Waals surface area contributed by atoms with Crippen LogP contribution in [0.4, 0.5) is 4.79 Å². The fraction of sp³-hybridized carbons (Fsp3) is 0.500. The first kappa shape index (κ1) is 26.0. The molecule has 8 heteroatoms. The molecule has 1 heterocycles. The zero-order chi connectivity index (χ0) is 25.4.